The summed E-state index contributed by atoms with van der Waals surface area (Å²) in [5.41, 5.74) is 0. The van der Waals surface area contributed by atoms with E-state index in [1.807, 2.05) is 20.8 Å². The fourth-order valence-electron chi connectivity index (χ4n) is 1.97. The lowest BCUT2D eigenvalue weighted by molar-refractivity contribution is -0.140. The van der Waals surface area contributed by atoms with Crippen molar-refractivity contribution in [3.63, 3.8) is 0 Å². The number of likely N-dealkylation sites (N-methyl/N-ethyl adjacent to an activating group) is 1. The van der Waals surface area contributed by atoms with Crippen LogP contribution in [0.2, 0.25) is 0 Å². The van der Waals surface area contributed by atoms with Gasteiger partial charge in [-0.3, -0.25) is 14.5 Å². The van der Waals surface area contributed by atoms with Gasteiger partial charge in [-0.15, -0.1) is 0 Å². The Balaban J connectivity index is 4.50. The van der Waals surface area contributed by atoms with Gasteiger partial charge >= 0.3 is 5.97 Å². The lowest BCUT2D eigenvalue weighted by Crippen LogP contribution is -2.46. The zero-order valence-corrected chi connectivity index (χ0v) is 13.0. The summed E-state index contributed by atoms with van der Waals surface area (Å²) in [7, 11) is 1.79. The normalized spacial score (nSPS) is 13.1. The van der Waals surface area contributed by atoms with Crippen molar-refractivity contribution in [2.24, 2.45) is 5.92 Å². The van der Waals surface area contributed by atoms with Crippen LogP contribution in [0.4, 0.5) is 0 Å². The fraction of sp³-hybridized carbons (Fsp3) is 0.857. The molecule has 1 unspecified atom stereocenters. The molecule has 0 aliphatic carbocycles. The van der Waals surface area contributed by atoms with Gasteiger partial charge in [-0.2, -0.15) is 0 Å². The molecule has 0 spiro atoms. The van der Waals surface area contributed by atoms with Crippen LogP contribution in [0.1, 0.15) is 41.0 Å². The van der Waals surface area contributed by atoms with E-state index in [2.05, 4.69) is 13.8 Å². The van der Waals surface area contributed by atoms with Gasteiger partial charge in [0.1, 0.15) is 0 Å². The monoisotopic (exact) mass is 272 g/mol. The molecular formula is C14H28N2O3. The van der Waals surface area contributed by atoms with Gasteiger partial charge in [-0.25, -0.2) is 0 Å². The van der Waals surface area contributed by atoms with Crippen molar-refractivity contribution < 1.29 is 14.7 Å². The first-order chi connectivity index (χ1) is 8.65. The lowest BCUT2D eigenvalue weighted by Gasteiger charge is -2.30. The Morgan fingerprint density at radius 2 is 1.58 bits per heavy atom. The minimum atomic E-state index is -0.903. The van der Waals surface area contributed by atoms with Crippen molar-refractivity contribution >= 4 is 11.9 Å². The Kier molecular flexibility index (Phi) is 7.68. The molecule has 0 aromatic heterocycles. The van der Waals surface area contributed by atoms with E-state index in [4.69, 9.17) is 5.11 Å². The predicted octanol–water partition coefficient (Wildman–Crippen LogP) is 1.67. The molecule has 0 aromatic rings. The van der Waals surface area contributed by atoms with Crippen LogP contribution in [0, 0.1) is 5.92 Å². The average Bonchev–Trinajstić information content (AvgIpc) is 2.25. The Morgan fingerprint density at radius 3 is 1.95 bits per heavy atom. The molecule has 0 aliphatic rings. The van der Waals surface area contributed by atoms with Gasteiger partial charge < -0.3 is 10.0 Å². The third-order valence-electron chi connectivity index (χ3n) is 3.27. The number of carbonyl (C=O) groups excluding carboxylic acids is 1. The minimum Gasteiger partial charge on any atom is -0.480 e. The van der Waals surface area contributed by atoms with Gasteiger partial charge in [0.25, 0.3) is 0 Å². The van der Waals surface area contributed by atoms with Crippen molar-refractivity contribution in [1.82, 2.24) is 9.80 Å². The maximum absolute atomic E-state index is 12.2. The molecule has 1 amide bonds. The van der Waals surface area contributed by atoms with Crippen LogP contribution < -0.4 is 0 Å². The van der Waals surface area contributed by atoms with Crippen molar-refractivity contribution in [3.05, 3.63) is 0 Å². The van der Waals surface area contributed by atoms with Crippen molar-refractivity contribution in [2.75, 3.05) is 20.1 Å². The van der Waals surface area contributed by atoms with E-state index in [0.29, 0.717) is 5.92 Å². The third-order valence-corrected chi connectivity index (χ3v) is 3.27. The Labute approximate surface area is 116 Å². The van der Waals surface area contributed by atoms with Crippen LogP contribution in [0.25, 0.3) is 0 Å². The smallest absolute Gasteiger partial charge is 0.317 e. The number of nitrogens with zero attached hydrogens (tertiary/aromatic N) is 2. The Morgan fingerprint density at radius 1 is 1.05 bits per heavy atom. The van der Waals surface area contributed by atoms with E-state index in [0.717, 1.165) is 6.42 Å². The molecule has 112 valence electrons. The van der Waals surface area contributed by atoms with E-state index in [1.165, 1.54) is 0 Å². The summed E-state index contributed by atoms with van der Waals surface area (Å²) in [6.07, 6.45) is 0.947. The highest BCUT2D eigenvalue weighted by Gasteiger charge is 2.22. The largest absolute Gasteiger partial charge is 0.480 e. The first-order valence-corrected chi connectivity index (χ1v) is 6.86. The summed E-state index contributed by atoms with van der Waals surface area (Å²) in [5, 5.41) is 8.85. The summed E-state index contributed by atoms with van der Waals surface area (Å²) in [6.45, 7) is 10.1. The number of carboxylic acids is 1. The highest BCUT2D eigenvalue weighted by molar-refractivity contribution is 5.79. The Bertz CT molecular complexity index is 303. The molecule has 0 aliphatic heterocycles. The number of hydrogen-bond acceptors (Lipinski definition) is 3. The molecule has 1 N–H and O–H groups in total. The maximum Gasteiger partial charge on any atom is 0.317 e. The van der Waals surface area contributed by atoms with Crippen LogP contribution in [0.5, 0.6) is 0 Å². The zero-order valence-electron chi connectivity index (χ0n) is 13.0. The van der Waals surface area contributed by atoms with Gasteiger partial charge in [0.15, 0.2) is 0 Å². The SMILES string of the molecule is CC(C)CC(C)N(C)C(=O)CN(CC(=O)O)C(C)C. The maximum atomic E-state index is 12.2. The molecule has 0 bridgehead atoms. The van der Waals surface area contributed by atoms with Crippen molar-refractivity contribution in [2.45, 2.75) is 53.1 Å². The van der Waals surface area contributed by atoms with E-state index < -0.39 is 5.97 Å². The minimum absolute atomic E-state index is 0.0249. The van der Waals surface area contributed by atoms with Gasteiger partial charge in [-0.1, -0.05) is 13.8 Å². The quantitative estimate of drug-likeness (QED) is 0.730. The van der Waals surface area contributed by atoms with Gasteiger partial charge in [0.05, 0.1) is 13.1 Å². The second kappa shape index (κ2) is 8.15. The summed E-state index contributed by atoms with van der Waals surface area (Å²) < 4.78 is 0. The first kappa shape index (κ1) is 17.9. The summed E-state index contributed by atoms with van der Waals surface area (Å²) in [4.78, 5) is 26.3. The number of carboxylic acid groups (broad SMARTS) is 1. The van der Waals surface area contributed by atoms with Crippen LogP contribution in [-0.4, -0.2) is 59.0 Å². The van der Waals surface area contributed by atoms with Gasteiger partial charge in [0.2, 0.25) is 5.91 Å². The number of hydrogen-bond donors (Lipinski definition) is 1. The first-order valence-electron chi connectivity index (χ1n) is 6.86. The van der Waals surface area contributed by atoms with Crippen LogP contribution in [0.15, 0.2) is 0 Å². The highest BCUT2D eigenvalue weighted by atomic mass is 16.4. The van der Waals surface area contributed by atoms with E-state index in [1.54, 1.807) is 16.8 Å². The van der Waals surface area contributed by atoms with Crippen LogP contribution >= 0.6 is 0 Å². The highest BCUT2D eigenvalue weighted by Crippen LogP contribution is 2.10. The van der Waals surface area contributed by atoms with Crippen molar-refractivity contribution in [1.29, 1.82) is 0 Å². The molecule has 0 fully saturated rings. The Hall–Kier alpha value is -1.10. The molecular weight excluding hydrogens is 244 g/mol. The summed E-state index contributed by atoms with van der Waals surface area (Å²) in [5.74, 6) is -0.395. The van der Waals surface area contributed by atoms with Crippen molar-refractivity contribution in [3.8, 4) is 0 Å². The van der Waals surface area contributed by atoms with Gasteiger partial charge in [-0.05, 0) is 33.1 Å². The molecule has 0 heterocycles. The molecule has 5 nitrogen and oxygen atoms in total. The van der Waals surface area contributed by atoms with Gasteiger partial charge in [0, 0.05) is 19.1 Å². The number of carbonyl (C=O) groups is 2. The third kappa shape index (κ3) is 7.15. The van der Waals surface area contributed by atoms with E-state index in [-0.39, 0.29) is 31.1 Å². The molecule has 1 atom stereocenters. The fourth-order valence-corrected chi connectivity index (χ4v) is 1.97. The second-order valence-corrected chi connectivity index (χ2v) is 5.88. The molecule has 0 saturated heterocycles. The molecule has 0 aromatic carbocycles. The lowest BCUT2D eigenvalue weighted by atomic mass is 10.0. The summed E-state index contributed by atoms with van der Waals surface area (Å²) >= 11 is 0. The number of aliphatic carboxylic acids is 1. The standard InChI is InChI=1S/C14H28N2O3/c1-10(2)7-12(5)15(6)13(17)8-16(11(3)4)9-14(18)19/h10-12H,7-9H2,1-6H3,(H,18,19). The second-order valence-electron chi connectivity index (χ2n) is 5.88. The van der Waals surface area contributed by atoms with E-state index >= 15 is 0 Å². The molecule has 0 saturated carbocycles. The molecule has 5 heteroatoms. The number of amides is 1. The van der Waals surface area contributed by atoms with Crippen LogP contribution in [-0.2, 0) is 9.59 Å². The van der Waals surface area contributed by atoms with E-state index in [9.17, 15) is 9.59 Å². The molecule has 0 radical (unpaired) electrons. The average molecular weight is 272 g/mol. The van der Waals surface area contributed by atoms with Crippen LogP contribution in [0.3, 0.4) is 0 Å². The molecule has 0 rings (SSSR count). The molecule has 19 heavy (non-hydrogen) atoms. The number of rotatable bonds is 8. The summed E-state index contributed by atoms with van der Waals surface area (Å²) in [6, 6.07) is 0.209. The predicted molar refractivity (Wildman–Crippen MR) is 76.0 cm³/mol. The topological polar surface area (TPSA) is 60.9 Å². The zero-order chi connectivity index (χ0) is 15.2.